The van der Waals surface area contributed by atoms with Crippen LogP contribution in [0.3, 0.4) is 0 Å². The molecule has 0 fully saturated rings. The van der Waals surface area contributed by atoms with Gasteiger partial charge in [-0.1, -0.05) is 72.3 Å². The summed E-state index contributed by atoms with van der Waals surface area (Å²) in [6, 6.07) is 25.2. The lowest BCUT2D eigenvalue weighted by molar-refractivity contribution is 0.577. The number of aryl methyl sites for hydroxylation is 1. The fourth-order valence-electron chi connectivity index (χ4n) is 3.93. The first-order valence-corrected chi connectivity index (χ1v) is 11.8. The van der Waals surface area contributed by atoms with Gasteiger partial charge < -0.3 is 4.57 Å². The van der Waals surface area contributed by atoms with Crippen molar-refractivity contribution in [2.24, 2.45) is 0 Å². The predicted molar refractivity (Wildman–Crippen MR) is 127 cm³/mol. The van der Waals surface area contributed by atoms with Crippen molar-refractivity contribution in [3.05, 3.63) is 114 Å². The van der Waals surface area contributed by atoms with Crippen molar-refractivity contribution in [2.45, 2.75) is 24.3 Å². The molecule has 1 heterocycles. The quantitative estimate of drug-likeness (QED) is 0.388. The van der Waals surface area contributed by atoms with Crippen LogP contribution in [-0.2, 0) is 16.6 Å². The molecule has 3 aromatic carbocycles. The van der Waals surface area contributed by atoms with Crippen LogP contribution >= 0.6 is 0 Å². The van der Waals surface area contributed by atoms with Gasteiger partial charge in [0.1, 0.15) is 0 Å². The molecule has 0 radical (unpaired) electrons. The van der Waals surface area contributed by atoms with Gasteiger partial charge in [-0.2, -0.15) is 0 Å². The van der Waals surface area contributed by atoms with E-state index in [0.717, 1.165) is 27.6 Å². The van der Waals surface area contributed by atoms with E-state index in [9.17, 15) is 8.42 Å². The van der Waals surface area contributed by atoms with Gasteiger partial charge in [-0.05, 0) is 36.2 Å². The highest BCUT2D eigenvalue weighted by Gasteiger charge is 2.23. The minimum atomic E-state index is -3.62. The molecule has 4 aromatic rings. The summed E-state index contributed by atoms with van der Waals surface area (Å²) in [5.74, 6) is -0.127. The molecule has 0 aliphatic rings. The van der Waals surface area contributed by atoms with Gasteiger partial charge in [-0.3, -0.25) is 0 Å². The van der Waals surface area contributed by atoms with Gasteiger partial charge in [0.2, 0.25) is 10.0 Å². The van der Waals surface area contributed by atoms with E-state index in [1.807, 2.05) is 67.6 Å². The average Bonchev–Trinajstić information content (AvgIpc) is 3.14. The number of allylic oxidation sites excluding steroid dienone is 1. The van der Waals surface area contributed by atoms with E-state index in [1.54, 1.807) is 12.1 Å². The molecule has 1 N–H and O–H groups in total. The molecule has 4 rings (SSSR count). The van der Waals surface area contributed by atoms with Crippen LogP contribution in [0.15, 0.2) is 103 Å². The number of fused-ring (bicyclic) bond motifs is 1. The van der Waals surface area contributed by atoms with Gasteiger partial charge in [0.15, 0.2) is 0 Å². The summed E-state index contributed by atoms with van der Waals surface area (Å²) in [6.45, 7) is 6.77. The summed E-state index contributed by atoms with van der Waals surface area (Å²) in [6.07, 6.45) is 3.98. The zero-order valence-electron chi connectivity index (χ0n) is 17.5. The third kappa shape index (κ3) is 4.48. The van der Waals surface area contributed by atoms with Gasteiger partial charge in [0.05, 0.1) is 4.90 Å². The maximum atomic E-state index is 13.0. The molecule has 0 amide bonds. The highest BCUT2D eigenvalue weighted by atomic mass is 32.2. The first-order chi connectivity index (χ1) is 15.0. The molecule has 0 unspecified atom stereocenters. The van der Waals surface area contributed by atoms with Crippen LogP contribution in [0.25, 0.3) is 10.9 Å². The molecule has 5 heteroatoms. The van der Waals surface area contributed by atoms with E-state index in [4.69, 9.17) is 0 Å². The summed E-state index contributed by atoms with van der Waals surface area (Å²) in [7, 11) is -3.62. The first-order valence-electron chi connectivity index (χ1n) is 10.3. The predicted octanol–water partition coefficient (Wildman–Crippen LogP) is 5.25. The number of nitrogens with one attached hydrogen (secondary N) is 1. The Hall–Kier alpha value is -3.15. The number of hydrogen-bond donors (Lipinski definition) is 1. The molecule has 0 saturated carbocycles. The average molecular weight is 431 g/mol. The molecule has 1 atom stereocenters. The van der Waals surface area contributed by atoms with Crippen LogP contribution in [0.2, 0.25) is 0 Å². The Morgan fingerprint density at radius 2 is 1.65 bits per heavy atom. The highest BCUT2D eigenvalue weighted by molar-refractivity contribution is 7.89. The number of sulfonamides is 1. The molecule has 158 valence electrons. The van der Waals surface area contributed by atoms with Crippen LogP contribution in [0, 0.1) is 6.92 Å². The van der Waals surface area contributed by atoms with Gasteiger partial charge >= 0.3 is 0 Å². The van der Waals surface area contributed by atoms with Gasteiger partial charge in [0.25, 0.3) is 0 Å². The van der Waals surface area contributed by atoms with E-state index < -0.39 is 10.0 Å². The fourth-order valence-corrected chi connectivity index (χ4v) is 4.98. The summed E-state index contributed by atoms with van der Waals surface area (Å²) in [5.41, 5.74) is 4.29. The topological polar surface area (TPSA) is 51.1 Å². The fraction of sp³-hybridized carbons (Fsp3) is 0.154. The van der Waals surface area contributed by atoms with E-state index in [-0.39, 0.29) is 17.4 Å². The van der Waals surface area contributed by atoms with Crippen molar-refractivity contribution in [1.29, 1.82) is 0 Å². The number of benzene rings is 3. The van der Waals surface area contributed by atoms with Crippen LogP contribution in [0.5, 0.6) is 0 Å². The lowest BCUT2D eigenvalue weighted by Crippen LogP contribution is -2.29. The maximum absolute atomic E-state index is 13.0. The molecule has 4 nitrogen and oxygen atoms in total. The highest BCUT2D eigenvalue weighted by Crippen LogP contribution is 2.32. The summed E-state index contributed by atoms with van der Waals surface area (Å²) in [5, 5.41) is 1.12. The van der Waals surface area contributed by atoms with Crippen molar-refractivity contribution in [2.75, 3.05) is 6.54 Å². The second-order valence-electron chi connectivity index (χ2n) is 7.67. The standard InChI is InChI=1S/C26H26N2O2S/c1-3-17-28-19-25(23-11-7-8-12-26(23)28)24(21-9-5-4-6-10-21)18-27-31(29,30)22-15-13-20(2)14-16-22/h3-16,19,24,27H,1,17-18H2,2H3/t24-/m1/s1. The Labute approximate surface area is 183 Å². The summed E-state index contributed by atoms with van der Waals surface area (Å²) >= 11 is 0. The second-order valence-corrected chi connectivity index (χ2v) is 9.44. The lowest BCUT2D eigenvalue weighted by Gasteiger charge is -2.18. The zero-order valence-corrected chi connectivity index (χ0v) is 18.3. The van der Waals surface area contributed by atoms with Crippen LogP contribution in [0.4, 0.5) is 0 Å². The Kier molecular flexibility index (Phi) is 6.07. The van der Waals surface area contributed by atoms with E-state index in [0.29, 0.717) is 6.54 Å². The van der Waals surface area contributed by atoms with Crippen LogP contribution < -0.4 is 4.72 Å². The van der Waals surface area contributed by atoms with Crippen LogP contribution in [-0.4, -0.2) is 19.5 Å². The summed E-state index contributed by atoms with van der Waals surface area (Å²) < 4.78 is 30.9. The lowest BCUT2D eigenvalue weighted by atomic mass is 9.91. The monoisotopic (exact) mass is 430 g/mol. The number of para-hydroxylation sites is 1. The number of rotatable bonds is 8. The molecule has 31 heavy (non-hydrogen) atoms. The minimum absolute atomic E-state index is 0.127. The third-order valence-electron chi connectivity index (χ3n) is 5.53. The second kappa shape index (κ2) is 8.92. The normalized spacial score (nSPS) is 12.7. The van der Waals surface area contributed by atoms with E-state index >= 15 is 0 Å². The minimum Gasteiger partial charge on any atom is -0.343 e. The van der Waals surface area contributed by atoms with E-state index in [1.165, 1.54) is 0 Å². The summed E-state index contributed by atoms with van der Waals surface area (Å²) in [4.78, 5) is 0.277. The Morgan fingerprint density at radius 1 is 0.968 bits per heavy atom. The number of hydrogen-bond acceptors (Lipinski definition) is 2. The van der Waals surface area contributed by atoms with E-state index in [2.05, 4.69) is 34.2 Å². The molecule has 0 spiro atoms. The van der Waals surface area contributed by atoms with Crippen molar-refractivity contribution in [3.63, 3.8) is 0 Å². The SMILES string of the molecule is C=CCn1cc([C@H](CNS(=O)(=O)c2ccc(C)cc2)c2ccccc2)c2ccccc21. The zero-order chi connectivity index (χ0) is 21.8. The number of aromatic nitrogens is 1. The van der Waals surface area contributed by atoms with Gasteiger partial charge in [0, 0.05) is 36.1 Å². The first kappa shape index (κ1) is 21.1. The van der Waals surface area contributed by atoms with Gasteiger partial charge in [-0.15, -0.1) is 6.58 Å². The smallest absolute Gasteiger partial charge is 0.240 e. The van der Waals surface area contributed by atoms with Crippen molar-refractivity contribution in [1.82, 2.24) is 9.29 Å². The molecular formula is C26H26N2O2S. The molecule has 0 aliphatic heterocycles. The largest absolute Gasteiger partial charge is 0.343 e. The Bertz CT molecular complexity index is 1290. The molecule has 0 aliphatic carbocycles. The Balaban J connectivity index is 1.74. The van der Waals surface area contributed by atoms with Gasteiger partial charge in [-0.25, -0.2) is 13.1 Å². The molecule has 1 aromatic heterocycles. The maximum Gasteiger partial charge on any atom is 0.240 e. The third-order valence-corrected chi connectivity index (χ3v) is 6.97. The molecule has 0 saturated heterocycles. The van der Waals surface area contributed by atoms with Crippen molar-refractivity contribution in [3.8, 4) is 0 Å². The van der Waals surface area contributed by atoms with Crippen LogP contribution in [0.1, 0.15) is 22.6 Å². The Morgan fingerprint density at radius 3 is 2.35 bits per heavy atom. The molecule has 0 bridgehead atoms. The van der Waals surface area contributed by atoms with Crippen molar-refractivity contribution < 1.29 is 8.42 Å². The number of nitrogens with zero attached hydrogens (tertiary/aromatic N) is 1. The molecular weight excluding hydrogens is 404 g/mol. The van der Waals surface area contributed by atoms with Crippen molar-refractivity contribution >= 4 is 20.9 Å².